The molecule has 0 unspecified atom stereocenters. The molecule has 0 saturated heterocycles. The number of nitrogens with zero attached hydrogens (tertiary/aromatic N) is 1. The quantitative estimate of drug-likeness (QED) is 0.689. The number of nitrogens with one attached hydrogen (secondary N) is 1. The topological polar surface area (TPSA) is 24.9 Å². The summed E-state index contributed by atoms with van der Waals surface area (Å²) in [6.07, 6.45) is 6.23. The highest BCUT2D eigenvalue weighted by atomic mass is 35.5. The van der Waals surface area contributed by atoms with Crippen LogP contribution in [-0.2, 0) is 0 Å². The molecule has 1 aromatic heterocycles. The second-order valence-electron chi connectivity index (χ2n) is 5.57. The highest BCUT2D eigenvalue weighted by molar-refractivity contribution is 6.31. The zero-order valence-corrected chi connectivity index (χ0v) is 12.3. The van der Waals surface area contributed by atoms with E-state index in [-0.39, 0.29) is 0 Å². The van der Waals surface area contributed by atoms with Crippen molar-refractivity contribution in [1.82, 2.24) is 4.98 Å². The van der Waals surface area contributed by atoms with E-state index in [2.05, 4.69) is 40.6 Å². The second-order valence-corrected chi connectivity index (χ2v) is 5.98. The molecule has 1 aliphatic carbocycles. The molecule has 1 fully saturated rings. The van der Waals surface area contributed by atoms with Crippen molar-refractivity contribution >= 4 is 33.7 Å². The minimum Gasteiger partial charge on any atom is -0.355 e. The van der Waals surface area contributed by atoms with Crippen LogP contribution in [0.15, 0.2) is 54.9 Å². The Kier molecular flexibility index (Phi) is 3.04. The molecule has 0 amide bonds. The van der Waals surface area contributed by atoms with E-state index in [1.807, 2.05) is 24.5 Å². The number of pyridine rings is 1. The molecule has 1 N–H and O–H groups in total. The molecule has 0 aliphatic heterocycles. The molecule has 3 aromatic rings. The summed E-state index contributed by atoms with van der Waals surface area (Å²) in [5.41, 5.74) is 3.37. The summed E-state index contributed by atoms with van der Waals surface area (Å²) in [4.78, 5) is 4.13. The maximum Gasteiger partial charge on any atom is 0.0461 e. The van der Waals surface area contributed by atoms with E-state index in [9.17, 15) is 0 Å². The maximum atomic E-state index is 6.38. The van der Waals surface area contributed by atoms with Crippen LogP contribution in [0.5, 0.6) is 0 Å². The van der Waals surface area contributed by atoms with Crippen LogP contribution < -0.4 is 5.32 Å². The Morgan fingerprint density at radius 1 is 0.952 bits per heavy atom. The molecule has 4 rings (SSSR count). The van der Waals surface area contributed by atoms with Crippen LogP contribution in [0.3, 0.4) is 0 Å². The smallest absolute Gasteiger partial charge is 0.0461 e. The number of fused-ring (bicyclic) bond motifs is 1. The van der Waals surface area contributed by atoms with Gasteiger partial charge in [-0.15, -0.1) is 0 Å². The van der Waals surface area contributed by atoms with E-state index in [0.717, 1.165) is 21.8 Å². The standard InChI is InChI=1S/C18H15ClN2/c19-18-10-16(5-6-17(18)12-1-2-12)21-15-4-3-14-11-20-8-7-13(14)9-15/h3-12,21H,1-2H2. The molecule has 0 atom stereocenters. The van der Waals surface area contributed by atoms with E-state index < -0.39 is 0 Å². The van der Waals surface area contributed by atoms with Gasteiger partial charge in [0.1, 0.15) is 0 Å². The van der Waals surface area contributed by atoms with Crippen molar-refractivity contribution in [1.29, 1.82) is 0 Å². The van der Waals surface area contributed by atoms with Gasteiger partial charge in [-0.1, -0.05) is 23.7 Å². The first-order valence-electron chi connectivity index (χ1n) is 7.20. The lowest BCUT2D eigenvalue weighted by molar-refractivity contribution is 1.13. The van der Waals surface area contributed by atoms with Crippen molar-refractivity contribution in [2.75, 3.05) is 5.32 Å². The van der Waals surface area contributed by atoms with Crippen molar-refractivity contribution in [3.8, 4) is 0 Å². The highest BCUT2D eigenvalue weighted by Crippen LogP contribution is 2.43. The van der Waals surface area contributed by atoms with Gasteiger partial charge in [-0.25, -0.2) is 0 Å². The number of hydrogen-bond acceptors (Lipinski definition) is 2. The van der Waals surface area contributed by atoms with Crippen LogP contribution in [0.1, 0.15) is 24.3 Å². The van der Waals surface area contributed by atoms with Gasteiger partial charge in [-0.3, -0.25) is 4.98 Å². The molecule has 0 radical (unpaired) electrons. The van der Waals surface area contributed by atoms with Crippen molar-refractivity contribution in [3.05, 3.63) is 65.4 Å². The van der Waals surface area contributed by atoms with Crippen molar-refractivity contribution < 1.29 is 0 Å². The summed E-state index contributed by atoms with van der Waals surface area (Å²) in [6, 6.07) is 14.6. The van der Waals surface area contributed by atoms with E-state index in [1.165, 1.54) is 23.8 Å². The predicted molar refractivity (Wildman–Crippen MR) is 88.5 cm³/mol. The number of hydrogen-bond donors (Lipinski definition) is 1. The molecule has 104 valence electrons. The van der Waals surface area contributed by atoms with Crippen LogP contribution in [0, 0.1) is 0 Å². The van der Waals surface area contributed by atoms with Crippen LogP contribution in [0.25, 0.3) is 10.8 Å². The van der Waals surface area contributed by atoms with Crippen LogP contribution in [0.4, 0.5) is 11.4 Å². The summed E-state index contributed by atoms with van der Waals surface area (Å²) in [6.45, 7) is 0. The number of halogens is 1. The Hall–Kier alpha value is -2.06. The number of anilines is 2. The largest absolute Gasteiger partial charge is 0.355 e. The van der Waals surface area contributed by atoms with E-state index >= 15 is 0 Å². The zero-order chi connectivity index (χ0) is 14.2. The van der Waals surface area contributed by atoms with Gasteiger partial charge in [-0.2, -0.15) is 0 Å². The van der Waals surface area contributed by atoms with Gasteiger partial charge in [0.15, 0.2) is 0 Å². The van der Waals surface area contributed by atoms with Gasteiger partial charge in [0.05, 0.1) is 0 Å². The van der Waals surface area contributed by atoms with E-state index in [0.29, 0.717) is 5.92 Å². The monoisotopic (exact) mass is 294 g/mol. The third-order valence-electron chi connectivity index (χ3n) is 3.95. The number of rotatable bonds is 3. The lowest BCUT2D eigenvalue weighted by atomic mass is 10.1. The third-order valence-corrected chi connectivity index (χ3v) is 4.27. The lowest BCUT2D eigenvalue weighted by Gasteiger charge is -2.10. The normalized spacial score (nSPS) is 14.3. The molecule has 3 heteroatoms. The Bertz CT molecular complexity index is 809. The number of benzene rings is 2. The Labute approximate surface area is 128 Å². The third kappa shape index (κ3) is 2.59. The lowest BCUT2D eigenvalue weighted by Crippen LogP contribution is -1.92. The fraction of sp³-hybridized carbons (Fsp3) is 0.167. The highest BCUT2D eigenvalue weighted by Gasteiger charge is 2.25. The van der Waals surface area contributed by atoms with E-state index in [4.69, 9.17) is 11.6 Å². The van der Waals surface area contributed by atoms with Crippen molar-refractivity contribution in [3.63, 3.8) is 0 Å². The molecule has 0 bridgehead atoms. The van der Waals surface area contributed by atoms with Crippen molar-refractivity contribution in [2.24, 2.45) is 0 Å². The molecule has 2 aromatic carbocycles. The SMILES string of the molecule is Clc1cc(Nc2ccc3cnccc3c2)ccc1C1CC1. The minimum absolute atomic E-state index is 0.680. The molecule has 1 saturated carbocycles. The van der Waals surface area contributed by atoms with Gasteiger partial charge >= 0.3 is 0 Å². The maximum absolute atomic E-state index is 6.38. The van der Waals surface area contributed by atoms with Gasteiger partial charge in [0.25, 0.3) is 0 Å². The Morgan fingerprint density at radius 2 is 1.76 bits per heavy atom. The Morgan fingerprint density at radius 3 is 2.57 bits per heavy atom. The summed E-state index contributed by atoms with van der Waals surface area (Å²) in [5.74, 6) is 0.680. The van der Waals surface area contributed by atoms with Crippen LogP contribution in [-0.4, -0.2) is 4.98 Å². The molecule has 0 spiro atoms. The van der Waals surface area contributed by atoms with E-state index in [1.54, 1.807) is 0 Å². The van der Waals surface area contributed by atoms with Gasteiger partial charge in [0.2, 0.25) is 0 Å². The fourth-order valence-electron chi connectivity index (χ4n) is 2.66. The summed E-state index contributed by atoms with van der Waals surface area (Å²) >= 11 is 6.38. The van der Waals surface area contributed by atoms with Crippen LogP contribution >= 0.6 is 11.6 Å². The number of aromatic nitrogens is 1. The minimum atomic E-state index is 0.680. The average molecular weight is 295 g/mol. The molecule has 2 nitrogen and oxygen atoms in total. The molecular weight excluding hydrogens is 280 g/mol. The summed E-state index contributed by atoms with van der Waals surface area (Å²) in [7, 11) is 0. The zero-order valence-electron chi connectivity index (χ0n) is 11.5. The Balaban J connectivity index is 1.63. The van der Waals surface area contributed by atoms with Gasteiger partial charge in [-0.05, 0) is 60.0 Å². The molecule has 21 heavy (non-hydrogen) atoms. The molecule has 1 aliphatic rings. The summed E-state index contributed by atoms with van der Waals surface area (Å²) in [5, 5.41) is 6.61. The average Bonchev–Trinajstić information content (AvgIpc) is 3.32. The van der Waals surface area contributed by atoms with Gasteiger partial charge in [0, 0.05) is 34.2 Å². The first kappa shape index (κ1) is 12.7. The first-order valence-corrected chi connectivity index (χ1v) is 7.58. The van der Waals surface area contributed by atoms with Crippen molar-refractivity contribution in [2.45, 2.75) is 18.8 Å². The molecule has 1 heterocycles. The summed E-state index contributed by atoms with van der Waals surface area (Å²) < 4.78 is 0. The van der Waals surface area contributed by atoms with Gasteiger partial charge < -0.3 is 5.32 Å². The van der Waals surface area contributed by atoms with Crippen LogP contribution in [0.2, 0.25) is 5.02 Å². The second kappa shape index (κ2) is 5.05. The molecular formula is C18H15ClN2. The first-order chi connectivity index (χ1) is 10.3. The predicted octanol–water partition coefficient (Wildman–Crippen LogP) is 5.51. The fourth-order valence-corrected chi connectivity index (χ4v) is 2.99.